The Kier molecular flexibility index (Phi) is 17.4. The van der Waals surface area contributed by atoms with E-state index in [4.69, 9.17) is 0 Å². The molecule has 0 aromatic heterocycles. The number of rotatable bonds is 18. The quantitative estimate of drug-likeness (QED) is 0.233. The van der Waals surface area contributed by atoms with Crippen LogP contribution in [-0.4, -0.2) is 64.2 Å². The van der Waals surface area contributed by atoms with Crippen LogP contribution in [0.5, 0.6) is 0 Å². The molecule has 0 saturated heterocycles. The first-order valence-corrected chi connectivity index (χ1v) is 14.4. The average Bonchev–Trinajstić information content (AvgIpc) is 2.71. The molecule has 0 heterocycles. The molecule has 0 aromatic carbocycles. The van der Waals surface area contributed by atoms with E-state index in [1.54, 1.807) is 0 Å². The summed E-state index contributed by atoms with van der Waals surface area (Å²) in [6.07, 6.45) is 11.5. The van der Waals surface area contributed by atoms with Gasteiger partial charge in [0, 0.05) is 0 Å². The van der Waals surface area contributed by atoms with Gasteiger partial charge in [0.05, 0.1) is 0 Å². The van der Waals surface area contributed by atoms with Gasteiger partial charge in [-0.25, -0.2) is 0 Å². The summed E-state index contributed by atoms with van der Waals surface area (Å²) < 4.78 is 9.09. The van der Waals surface area contributed by atoms with Gasteiger partial charge >= 0.3 is 14.8 Å². The van der Waals surface area contributed by atoms with Crippen LogP contribution in [0.4, 0.5) is 0 Å². The molecular weight excluding hydrogens is 357 g/mol. The summed E-state index contributed by atoms with van der Waals surface area (Å²) in [5.41, 5.74) is 0. The molecule has 0 aliphatic carbocycles. The molecule has 0 atom stereocenters. The van der Waals surface area contributed by atoms with Gasteiger partial charge in [0.1, 0.15) is 0 Å². The van der Waals surface area contributed by atoms with Crippen LogP contribution in [-0.2, 0) is 0 Å². The molecule has 0 unspecified atom stereocenters. The van der Waals surface area contributed by atoms with Crippen LogP contribution in [0.25, 0.3) is 0 Å². The standard InChI is InChI=1S/3C8H18N.Al/c3*1-4-7-9-8(5-2)6-3;/h3*8H,4-7H2,1-3H3;/q3*-1;+3. The van der Waals surface area contributed by atoms with E-state index in [0.717, 1.165) is 18.1 Å². The van der Waals surface area contributed by atoms with E-state index in [1.807, 2.05) is 0 Å². The van der Waals surface area contributed by atoms with Gasteiger partial charge in [0.25, 0.3) is 0 Å². The molecule has 0 aliphatic rings. The van der Waals surface area contributed by atoms with Crippen molar-refractivity contribution in [1.82, 2.24) is 11.7 Å². The minimum atomic E-state index is -1.41. The van der Waals surface area contributed by atoms with E-state index in [9.17, 15) is 0 Å². The third-order valence-corrected chi connectivity index (χ3v) is 10.4. The van der Waals surface area contributed by atoms with Crippen molar-refractivity contribution in [3.05, 3.63) is 0 Å². The largest absolute Gasteiger partial charge is 0.609 e. The van der Waals surface area contributed by atoms with Gasteiger partial charge in [-0.05, 0) is 95.5 Å². The molecule has 0 saturated carbocycles. The molecule has 0 N–H and O–H groups in total. The van der Waals surface area contributed by atoms with Crippen molar-refractivity contribution in [2.45, 2.75) is 138 Å². The highest BCUT2D eigenvalue weighted by molar-refractivity contribution is 6.50. The highest BCUT2D eigenvalue weighted by atomic mass is 27.2. The van der Waals surface area contributed by atoms with Crippen molar-refractivity contribution >= 4 is 14.8 Å². The zero-order valence-electron chi connectivity index (χ0n) is 21.1. The molecule has 0 radical (unpaired) electrons. The summed E-state index contributed by atoms with van der Waals surface area (Å²) in [6.45, 7) is 25.4. The molecule has 0 aromatic rings. The fourth-order valence-electron chi connectivity index (χ4n) is 5.08. The molecule has 0 fully saturated rings. The first-order chi connectivity index (χ1) is 13.5. The molecule has 0 aliphatic heterocycles. The van der Waals surface area contributed by atoms with Crippen molar-refractivity contribution < 1.29 is 0 Å². The Morgan fingerprint density at radius 3 is 0.786 bits per heavy atom. The summed E-state index contributed by atoms with van der Waals surface area (Å²) in [4.78, 5) is 0. The number of hydrogen-bond acceptors (Lipinski definition) is 3. The third-order valence-electron chi connectivity index (χ3n) is 6.57. The lowest BCUT2D eigenvalue weighted by Gasteiger charge is -2.49. The molecule has 4 heteroatoms. The maximum atomic E-state index is 3.03. The predicted molar refractivity (Wildman–Crippen MR) is 130 cm³/mol. The van der Waals surface area contributed by atoms with Gasteiger partial charge < -0.3 is 11.7 Å². The maximum absolute atomic E-state index is 3.03. The lowest BCUT2D eigenvalue weighted by molar-refractivity contribution is 0.164. The Bertz CT molecular complexity index is 288. The van der Waals surface area contributed by atoms with E-state index >= 15 is 0 Å². The third kappa shape index (κ3) is 8.27. The molecule has 3 nitrogen and oxygen atoms in total. The molecule has 0 spiro atoms. The van der Waals surface area contributed by atoms with E-state index < -0.39 is 14.8 Å². The second kappa shape index (κ2) is 17.1. The lowest BCUT2D eigenvalue weighted by Crippen LogP contribution is -2.69. The van der Waals surface area contributed by atoms with Crippen LogP contribution in [0, 0.1) is 0 Å². The van der Waals surface area contributed by atoms with Crippen LogP contribution >= 0.6 is 0 Å². The Labute approximate surface area is 184 Å². The van der Waals surface area contributed by atoms with E-state index in [0.29, 0.717) is 0 Å². The summed E-state index contributed by atoms with van der Waals surface area (Å²) in [5.74, 6) is 0. The summed E-state index contributed by atoms with van der Waals surface area (Å²) in [5, 5.41) is 0. The van der Waals surface area contributed by atoms with Crippen molar-refractivity contribution in [2.75, 3.05) is 19.6 Å². The van der Waals surface area contributed by atoms with Crippen LogP contribution in [0.2, 0.25) is 0 Å². The number of nitrogens with zero attached hydrogens (tertiary/aromatic N) is 3. The molecule has 168 valence electrons. The van der Waals surface area contributed by atoms with Gasteiger partial charge in [0.2, 0.25) is 0 Å². The van der Waals surface area contributed by atoms with Gasteiger partial charge in [-0.15, -0.1) is 0 Å². The van der Waals surface area contributed by atoms with Gasteiger partial charge in [0.15, 0.2) is 0 Å². The Balaban J connectivity index is 6.38. The summed E-state index contributed by atoms with van der Waals surface area (Å²) in [6, 6.07) is 2.21. The Hall–Kier alpha value is 0.412. The minimum absolute atomic E-state index is 0.735. The van der Waals surface area contributed by atoms with Gasteiger partial charge in [-0.3, -0.25) is 0 Å². The normalized spacial score (nSPS) is 12.5. The first-order valence-electron chi connectivity index (χ1n) is 12.8. The fraction of sp³-hybridized carbons (Fsp3) is 1.00. The van der Waals surface area contributed by atoms with Gasteiger partial charge in [-0.2, -0.15) is 0 Å². The van der Waals surface area contributed by atoms with Crippen molar-refractivity contribution in [3.63, 3.8) is 0 Å². The van der Waals surface area contributed by atoms with Crippen LogP contribution < -0.4 is 0 Å². The zero-order valence-corrected chi connectivity index (χ0v) is 22.3. The molecular formula is C24H54AlN3. The van der Waals surface area contributed by atoms with Crippen LogP contribution in [0.3, 0.4) is 0 Å². The summed E-state index contributed by atoms with van der Waals surface area (Å²) in [7, 11) is 0. The molecule has 0 rings (SSSR count). The first kappa shape index (κ1) is 28.4. The van der Waals surface area contributed by atoms with E-state index in [1.165, 1.54) is 77.4 Å². The zero-order chi connectivity index (χ0) is 21.5. The fourth-order valence-corrected chi connectivity index (χ4v) is 10.1. The van der Waals surface area contributed by atoms with Crippen LogP contribution in [0.1, 0.15) is 120 Å². The number of hydrogen-bond donors (Lipinski definition) is 0. The van der Waals surface area contributed by atoms with Crippen molar-refractivity contribution in [3.8, 4) is 0 Å². The SMILES string of the molecule is CCC[N](C(CC)CC)[Al]([N](CCC)C(CC)CC)[N](CCC)C(CC)CC. The molecule has 0 bridgehead atoms. The van der Waals surface area contributed by atoms with Crippen LogP contribution in [0.15, 0.2) is 0 Å². The van der Waals surface area contributed by atoms with E-state index in [2.05, 4.69) is 74.0 Å². The van der Waals surface area contributed by atoms with E-state index in [-0.39, 0.29) is 0 Å². The predicted octanol–water partition coefficient (Wildman–Crippen LogP) is 6.67. The molecule has 0 amide bonds. The monoisotopic (exact) mass is 411 g/mol. The highest BCUT2D eigenvalue weighted by Crippen LogP contribution is 2.25. The highest BCUT2D eigenvalue weighted by Gasteiger charge is 2.46. The smallest absolute Gasteiger partial charge is 0.354 e. The van der Waals surface area contributed by atoms with Gasteiger partial charge in [-0.1, -0.05) is 62.3 Å². The Morgan fingerprint density at radius 2 is 0.643 bits per heavy atom. The second-order valence-corrected chi connectivity index (χ2v) is 11.2. The Morgan fingerprint density at radius 1 is 0.429 bits per heavy atom. The topological polar surface area (TPSA) is 9.72 Å². The molecule has 28 heavy (non-hydrogen) atoms. The van der Waals surface area contributed by atoms with Crippen molar-refractivity contribution in [1.29, 1.82) is 0 Å². The van der Waals surface area contributed by atoms with Crippen molar-refractivity contribution in [2.24, 2.45) is 0 Å². The summed E-state index contributed by atoms with van der Waals surface area (Å²) >= 11 is -1.41. The second-order valence-electron chi connectivity index (χ2n) is 8.47. The minimum Gasteiger partial charge on any atom is -0.354 e. The lowest BCUT2D eigenvalue weighted by atomic mass is 10.1. The maximum Gasteiger partial charge on any atom is 0.609 e. The average molecular weight is 412 g/mol.